The minimum absolute atomic E-state index is 0.0450. The van der Waals surface area contributed by atoms with Crippen LogP contribution in [0.2, 0.25) is 0 Å². The van der Waals surface area contributed by atoms with Crippen LogP contribution in [0.4, 0.5) is 11.4 Å². The maximum atomic E-state index is 10.9. The molecule has 0 spiro atoms. The van der Waals surface area contributed by atoms with Gasteiger partial charge >= 0.3 is 0 Å². The smallest absolute Gasteiger partial charge is 0.292 e. The van der Waals surface area contributed by atoms with Crippen LogP contribution in [0.1, 0.15) is 10.7 Å². The lowest BCUT2D eigenvalue weighted by Crippen LogP contribution is -1.96. The largest absolute Gasteiger partial charge is 0.355 e. The van der Waals surface area contributed by atoms with Crippen LogP contribution in [0.25, 0.3) is 5.57 Å². The average molecular weight is 286 g/mol. The van der Waals surface area contributed by atoms with Gasteiger partial charge in [-0.05, 0) is 13.0 Å². The number of thiazole rings is 1. The van der Waals surface area contributed by atoms with Crippen LogP contribution < -0.4 is 5.32 Å². The first-order valence-electron chi connectivity index (χ1n) is 5.64. The molecule has 0 aliphatic rings. The molecule has 0 fully saturated rings. The molecule has 0 aliphatic carbocycles. The molecule has 0 saturated heterocycles. The number of allylic oxidation sites excluding steroid dienone is 1. The van der Waals surface area contributed by atoms with Gasteiger partial charge in [0.1, 0.15) is 22.3 Å². The lowest BCUT2D eigenvalue weighted by molar-refractivity contribution is -0.383. The van der Waals surface area contributed by atoms with Crippen molar-refractivity contribution in [1.82, 2.24) is 4.98 Å². The van der Waals surface area contributed by atoms with Crippen molar-refractivity contribution in [2.75, 3.05) is 5.32 Å². The number of anilines is 1. The molecular formula is C13H10N4O2S. The fourth-order valence-corrected chi connectivity index (χ4v) is 2.29. The van der Waals surface area contributed by atoms with Crippen molar-refractivity contribution in [2.24, 2.45) is 0 Å². The number of nitrogens with zero attached hydrogens (tertiary/aromatic N) is 3. The van der Waals surface area contributed by atoms with Crippen molar-refractivity contribution < 1.29 is 4.92 Å². The molecule has 1 aromatic heterocycles. The van der Waals surface area contributed by atoms with Gasteiger partial charge in [-0.15, -0.1) is 11.3 Å². The molecule has 0 saturated carbocycles. The number of aryl methyl sites for hydroxylation is 1. The van der Waals surface area contributed by atoms with Gasteiger partial charge in [-0.25, -0.2) is 4.98 Å². The third kappa shape index (κ3) is 2.99. The van der Waals surface area contributed by atoms with Crippen LogP contribution in [0.3, 0.4) is 0 Å². The van der Waals surface area contributed by atoms with E-state index in [9.17, 15) is 10.1 Å². The predicted molar refractivity (Wildman–Crippen MR) is 77.2 cm³/mol. The molecule has 2 aromatic rings. The summed E-state index contributed by atoms with van der Waals surface area (Å²) in [5.41, 5.74) is 1.45. The van der Waals surface area contributed by atoms with Gasteiger partial charge in [-0.2, -0.15) is 5.26 Å². The Bertz CT molecular complexity index is 715. The van der Waals surface area contributed by atoms with E-state index in [1.54, 1.807) is 18.2 Å². The number of nitrogens with one attached hydrogen (secondary N) is 1. The topological polar surface area (TPSA) is 91.8 Å². The quantitative estimate of drug-likeness (QED) is 0.528. The molecule has 0 amide bonds. The van der Waals surface area contributed by atoms with E-state index in [4.69, 9.17) is 5.26 Å². The summed E-state index contributed by atoms with van der Waals surface area (Å²) in [6.07, 6.45) is 1.43. The Balaban J connectivity index is 2.28. The van der Waals surface area contributed by atoms with Gasteiger partial charge in [-0.1, -0.05) is 12.1 Å². The normalized spacial score (nSPS) is 10.9. The number of para-hydroxylation sites is 2. The van der Waals surface area contributed by atoms with Crippen molar-refractivity contribution in [2.45, 2.75) is 6.92 Å². The van der Waals surface area contributed by atoms with E-state index in [-0.39, 0.29) is 5.69 Å². The Labute approximate surface area is 119 Å². The van der Waals surface area contributed by atoms with Crippen LogP contribution in [-0.2, 0) is 0 Å². The highest BCUT2D eigenvalue weighted by Gasteiger charge is 2.12. The van der Waals surface area contributed by atoms with Gasteiger partial charge < -0.3 is 5.32 Å². The third-order valence-electron chi connectivity index (χ3n) is 2.44. The van der Waals surface area contributed by atoms with E-state index >= 15 is 0 Å². The molecule has 1 N–H and O–H groups in total. The molecule has 0 bridgehead atoms. The first kappa shape index (κ1) is 13.7. The lowest BCUT2D eigenvalue weighted by Gasteiger charge is -2.02. The number of nitro groups is 1. The van der Waals surface area contributed by atoms with Crippen molar-refractivity contribution in [3.05, 3.63) is 56.7 Å². The molecule has 100 valence electrons. The van der Waals surface area contributed by atoms with E-state index in [1.807, 2.05) is 18.4 Å². The van der Waals surface area contributed by atoms with Crippen molar-refractivity contribution in [3.8, 4) is 6.07 Å². The molecule has 6 nitrogen and oxygen atoms in total. The van der Waals surface area contributed by atoms with Gasteiger partial charge in [0.25, 0.3) is 5.69 Å². The Morgan fingerprint density at radius 3 is 2.90 bits per heavy atom. The summed E-state index contributed by atoms with van der Waals surface area (Å²) in [6.45, 7) is 1.84. The van der Waals surface area contributed by atoms with E-state index in [2.05, 4.69) is 10.3 Å². The van der Waals surface area contributed by atoms with Crippen molar-refractivity contribution in [3.63, 3.8) is 0 Å². The molecule has 0 atom stereocenters. The molecule has 0 aliphatic heterocycles. The average Bonchev–Trinajstić information content (AvgIpc) is 2.86. The zero-order chi connectivity index (χ0) is 14.5. The summed E-state index contributed by atoms with van der Waals surface area (Å²) in [7, 11) is 0. The highest BCUT2D eigenvalue weighted by atomic mass is 32.1. The molecule has 0 radical (unpaired) electrons. The molecule has 1 aromatic carbocycles. The number of rotatable bonds is 4. The maximum Gasteiger partial charge on any atom is 0.292 e. The zero-order valence-electron chi connectivity index (χ0n) is 10.5. The second kappa shape index (κ2) is 5.95. The molecule has 2 rings (SSSR count). The fraction of sp³-hybridized carbons (Fsp3) is 0.0769. The van der Waals surface area contributed by atoms with Crippen molar-refractivity contribution >= 4 is 28.3 Å². The van der Waals surface area contributed by atoms with Gasteiger partial charge in [-0.3, -0.25) is 10.1 Å². The summed E-state index contributed by atoms with van der Waals surface area (Å²) in [5.74, 6) is 0. The Morgan fingerprint density at radius 2 is 2.30 bits per heavy atom. The Hall–Kier alpha value is -2.72. The van der Waals surface area contributed by atoms with E-state index in [1.165, 1.54) is 23.6 Å². The number of hydrogen-bond acceptors (Lipinski definition) is 6. The lowest BCUT2D eigenvalue weighted by atomic mass is 10.2. The summed E-state index contributed by atoms with van der Waals surface area (Å²) in [5, 5.41) is 25.2. The van der Waals surface area contributed by atoms with Gasteiger partial charge in [0.05, 0.1) is 4.92 Å². The number of aromatic nitrogens is 1. The van der Waals surface area contributed by atoms with Crippen LogP contribution in [0, 0.1) is 28.4 Å². The second-order valence-electron chi connectivity index (χ2n) is 3.88. The zero-order valence-corrected chi connectivity index (χ0v) is 11.3. The highest BCUT2D eigenvalue weighted by Crippen LogP contribution is 2.25. The van der Waals surface area contributed by atoms with Crippen LogP contribution >= 0.6 is 11.3 Å². The van der Waals surface area contributed by atoms with Crippen LogP contribution in [-0.4, -0.2) is 9.91 Å². The summed E-state index contributed by atoms with van der Waals surface area (Å²) < 4.78 is 0. The molecule has 0 unspecified atom stereocenters. The minimum Gasteiger partial charge on any atom is -0.355 e. The van der Waals surface area contributed by atoms with E-state index in [0.29, 0.717) is 16.3 Å². The number of benzene rings is 1. The molecular weight excluding hydrogens is 276 g/mol. The monoisotopic (exact) mass is 286 g/mol. The van der Waals surface area contributed by atoms with E-state index in [0.717, 1.165) is 5.69 Å². The van der Waals surface area contributed by atoms with Crippen molar-refractivity contribution in [1.29, 1.82) is 5.26 Å². The molecule has 7 heteroatoms. The first-order chi connectivity index (χ1) is 9.61. The highest BCUT2D eigenvalue weighted by molar-refractivity contribution is 7.10. The predicted octanol–water partition coefficient (Wildman–Crippen LogP) is 3.34. The van der Waals surface area contributed by atoms with Gasteiger partial charge in [0, 0.05) is 23.3 Å². The Kier molecular flexibility index (Phi) is 4.08. The maximum absolute atomic E-state index is 10.9. The Morgan fingerprint density at radius 1 is 1.55 bits per heavy atom. The van der Waals surface area contributed by atoms with E-state index < -0.39 is 4.92 Å². The molecule has 20 heavy (non-hydrogen) atoms. The third-order valence-corrected chi connectivity index (χ3v) is 3.44. The van der Waals surface area contributed by atoms with Gasteiger partial charge in [0.15, 0.2) is 0 Å². The number of nitriles is 1. The second-order valence-corrected chi connectivity index (χ2v) is 4.74. The number of hydrogen-bond donors (Lipinski definition) is 1. The first-order valence-corrected chi connectivity index (χ1v) is 6.52. The summed E-state index contributed by atoms with van der Waals surface area (Å²) in [4.78, 5) is 14.6. The summed E-state index contributed by atoms with van der Waals surface area (Å²) in [6, 6.07) is 8.27. The van der Waals surface area contributed by atoms with Gasteiger partial charge in [0.2, 0.25) is 0 Å². The summed E-state index contributed by atoms with van der Waals surface area (Å²) >= 11 is 1.35. The number of nitro benzene ring substituents is 1. The molecule has 1 heterocycles. The SMILES string of the molecule is Cc1csc(/C(C#N)=C/Nc2ccccc2[N+](=O)[O-])n1. The standard InChI is InChI=1S/C13H10N4O2S/c1-9-8-20-13(16-9)10(6-14)7-15-11-4-2-3-5-12(11)17(18)19/h2-5,7-8,15H,1H3/b10-7+. The van der Waals surface area contributed by atoms with Crippen LogP contribution in [0.5, 0.6) is 0 Å². The minimum atomic E-state index is -0.476. The van der Waals surface area contributed by atoms with Crippen LogP contribution in [0.15, 0.2) is 35.8 Å². The fourth-order valence-electron chi connectivity index (χ4n) is 1.52.